The molecule has 0 radical (unpaired) electrons. The number of ether oxygens (including phenoxy) is 1. The number of carbonyl (C=O) groups excluding carboxylic acids is 2. The summed E-state index contributed by atoms with van der Waals surface area (Å²) >= 11 is 6.01. The van der Waals surface area contributed by atoms with Gasteiger partial charge in [0.1, 0.15) is 0 Å². The number of benzene rings is 1. The zero-order valence-corrected chi connectivity index (χ0v) is 12.6. The molecule has 0 heterocycles. The highest BCUT2D eigenvalue weighted by Crippen LogP contribution is 2.16. The summed E-state index contributed by atoms with van der Waals surface area (Å²) in [6.45, 7) is 3.88. The zero-order chi connectivity index (χ0) is 15.0. The molecule has 0 saturated carbocycles. The first-order valence-electron chi connectivity index (χ1n) is 6.68. The average Bonchev–Trinajstić information content (AvgIpc) is 2.37. The van der Waals surface area contributed by atoms with Crippen LogP contribution in [-0.2, 0) is 20.7 Å². The summed E-state index contributed by atoms with van der Waals surface area (Å²) in [4.78, 5) is 22.9. The van der Waals surface area contributed by atoms with Gasteiger partial charge >= 0.3 is 5.97 Å². The second kappa shape index (κ2) is 8.59. The molecule has 0 spiro atoms. The van der Waals surface area contributed by atoms with Gasteiger partial charge in [0.2, 0.25) is 5.91 Å². The van der Waals surface area contributed by atoms with Crippen LogP contribution in [-0.4, -0.2) is 24.5 Å². The lowest BCUT2D eigenvalue weighted by molar-refractivity contribution is -0.147. The maximum atomic E-state index is 11.6. The minimum atomic E-state index is -0.300. The Morgan fingerprint density at radius 3 is 2.60 bits per heavy atom. The van der Waals surface area contributed by atoms with Crippen molar-refractivity contribution in [2.75, 3.05) is 6.54 Å². The van der Waals surface area contributed by atoms with E-state index in [9.17, 15) is 9.59 Å². The van der Waals surface area contributed by atoms with Crippen LogP contribution in [0.5, 0.6) is 0 Å². The fraction of sp³-hybridized carbons (Fsp3) is 0.467. The quantitative estimate of drug-likeness (QED) is 0.787. The van der Waals surface area contributed by atoms with Gasteiger partial charge in [-0.3, -0.25) is 9.59 Å². The molecule has 0 saturated heterocycles. The second-order valence-corrected chi connectivity index (χ2v) is 5.14. The van der Waals surface area contributed by atoms with Gasteiger partial charge in [0, 0.05) is 18.0 Å². The molecule has 1 aromatic carbocycles. The number of rotatable bonds is 7. The van der Waals surface area contributed by atoms with Gasteiger partial charge in [-0.05, 0) is 31.9 Å². The van der Waals surface area contributed by atoms with E-state index in [0.717, 1.165) is 5.56 Å². The lowest BCUT2D eigenvalue weighted by Gasteiger charge is -2.08. The van der Waals surface area contributed by atoms with E-state index >= 15 is 0 Å². The molecule has 4 nitrogen and oxygen atoms in total. The van der Waals surface area contributed by atoms with Crippen molar-refractivity contribution < 1.29 is 14.3 Å². The van der Waals surface area contributed by atoms with Gasteiger partial charge in [-0.25, -0.2) is 0 Å². The Morgan fingerprint density at radius 2 is 1.95 bits per heavy atom. The third-order valence-corrected chi connectivity index (χ3v) is 2.97. The lowest BCUT2D eigenvalue weighted by Crippen LogP contribution is -2.27. The molecule has 0 unspecified atom stereocenters. The van der Waals surface area contributed by atoms with E-state index < -0.39 is 0 Å². The minimum Gasteiger partial charge on any atom is -0.463 e. The Kier molecular flexibility index (Phi) is 7.09. The first kappa shape index (κ1) is 16.5. The smallest absolute Gasteiger partial charge is 0.307 e. The summed E-state index contributed by atoms with van der Waals surface area (Å²) in [7, 11) is 0. The van der Waals surface area contributed by atoms with Gasteiger partial charge in [0.25, 0.3) is 0 Å². The average molecular weight is 298 g/mol. The number of hydrogen-bond donors (Lipinski definition) is 1. The summed E-state index contributed by atoms with van der Waals surface area (Å²) in [5.74, 6) is -0.395. The molecule has 0 aliphatic carbocycles. The molecular formula is C15H20ClNO3. The number of halogens is 1. The molecule has 1 aromatic rings. The van der Waals surface area contributed by atoms with E-state index in [4.69, 9.17) is 16.3 Å². The fourth-order valence-corrected chi connectivity index (χ4v) is 1.89. The van der Waals surface area contributed by atoms with Gasteiger partial charge in [-0.15, -0.1) is 0 Å². The van der Waals surface area contributed by atoms with Gasteiger partial charge < -0.3 is 10.1 Å². The first-order chi connectivity index (χ1) is 9.49. The van der Waals surface area contributed by atoms with Crippen molar-refractivity contribution in [1.82, 2.24) is 5.32 Å². The standard InChI is InChI=1S/C15H20ClNO3/c1-11(2)20-15(19)9-10-17-14(18)8-7-12-5-3-4-6-13(12)16/h3-6,11H,7-10H2,1-2H3,(H,17,18). The van der Waals surface area contributed by atoms with Crippen molar-refractivity contribution in [3.63, 3.8) is 0 Å². The van der Waals surface area contributed by atoms with E-state index in [2.05, 4.69) is 5.32 Å². The molecule has 0 bridgehead atoms. The molecule has 0 fully saturated rings. The van der Waals surface area contributed by atoms with Crippen LogP contribution in [0.25, 0.3) is 0 Å². The molecule has 0 aliphatic rings. The van der Waals surface area contributed by atoms with Crippen molar-refractivity contribution >= 4 is 23.5 Å². The third-order valence-electron chi connectivity index (χ3n) is 2.60. The van der Waals surface area contributed by atoms with E-state index in [1.165, 1.54) is 0 Å². The number of hydrogen-bond acceptors (Lipinski definition) is 3. The predicted octanol–water partition coefficient (Wildman–Crippen LogP) is 2.73. The molecule has 1 rings (SSSR count). The van der Waals surface area contributed by atoms with Crippen molar-refractivity contribution in [1.29, 1.82) is 0 Å². The van der Waals surface area contributed by atoms with Gasteiger partial charge in [0.15, 0.2) is 0 Å². The van der Waals surface area contributed by atoms with Crippen molar-refractivity contribution in [2.45, 2.75) is 39.2 Å². The second-order valence-electron chi connectivity index (χ2n) is 4.73. The van der Waals surface area contributed by atoms with Crippen LogP contribution in [0.1, 0.15) is 32.3 Å². The van der Waals surface area contributed by atoms with Crippen molar-refractivity contribution in [3.8, 4) is 0 Å². The topological polar surface area (TPSA) is 55.4 Å². The maximum absolute atomic E-state index is 11.6. The van der Waals surface area contributed by atoms with Crippen LogP contribution in [0.4, 0.5) is 0 Å². The molecular weight excluding hydrogens is 278 g/mol. The highest BCUT2D eigenvalue weighted by Gasteiger charge is 2.07. The minimum absolute atomic E-state index is 0.0951. The van der Waals surface area contributed by atoms with Crippen LogP contribution < -0.4 is 5.32 Å². The monoisotopic (exact) mass is 297 g/mol. The number of amides is 1. The maximum Gasteiger partial charge on any atom is 0.307 e. The highest BCUT2D eigenvalue weighted by atomic mass is 35.5. The van der Waals surface area contributed by atoms with E-state index in [-0.39, 0.29) is 24.4 Å². The van der Waals surface area contributed by atoms with Crippen molar-refractivity contribution in [2.24, 2.45) is 0 Å². The molecule has 20 heavy (non-hydrogen) atoms. The van der Waals surface area contributed by atoms with Crippen LogP contribution in [0.2, 0.25) is 5.02 Å². The summed E-state index contributed by atoms with van der Waals surface area (Å²) in [5, 5.41) is 3.36. The molecule has 110 valence electrons. The van der Waals surface area contributed by atoms with E-state index in [1.54, 1.807) is 19.9 Å². The fourth-order valence-electron chi connectivity index (χ4n) is 1.66. The van der Waals surface area contributed by atoms with Crippen LogP contribution in [0.15, 0.2) is 24.3 Å². The molecule has 1 amide bonds. The SMILES string of the molecule is CC(C)OC(=O)CCNC(=O)CCc1ccccc1Cl. The predicted molar refractivity (Wildman–Crippen MR) is 78.6 cm³/mol. The molecule has 1 N–H and O–H groups in total. The number of carbonyl (C=O) groups is 2. The van der Waals surface area contributed by atoms with E-state index in [1.807, 2.05) is 18.2 Å². The Morgan fingerprint density at radius 1 is 1.25 bits per heavy atom. The first-order valence-corrected chi connectivity index (χ1v) is 7.06. The summed E-state index contributed by atoms with van der Waals surface area (Å²) in [5.41, 5.74) is 0.948. The summed E-state index contributed by atoms with van der Waals surface area (Å²) < 4.78 is 4.97. The van der Waals surface area contributed by atoms with E-state index in [0.29, 0.717) is 24.4 Å². The molecule has 0 aromatic heterocycles. The number of aryl methyl sites for hydroxylation is 1. The summed E-state index contributed by atoms with van der Waals surface area (Å²) in [6.07, 6.45) is 0.999. The Labute approximate surface area is 124 Å². The number of esters is 1. The Balaban J connectivity index is 2.21. The lowest BCUT2D eigenvalue weighted by atomic mass is 10.1. The Hall–Kier alpha value is -1.55. The third kappa shape index (κ3) is 6.57. The van der Waals surface area contributed by atoms with Crippen LogP contribution in [0.3, 0.4) is 0 Å². The highest BCUT2D eigenvalue weighted by molar-refractivity contribution is 6.31. The molecule has 5 heteroatoms. The van der Waals surface area contributed by atoms with Gasteiger partial charge in [-0.1, -0.05) is 29.8 Å². The largest absolute Gasteiger partial charge is 0.463 e. The van der Waals surface area contributed by atoms with Crippen LogP contribution in [0, 0.1) is 0 Å². The van der Waals surface area contributed by atoms with Crippen LogP contribution >= 0.6 is 11.6 Å². The summed E-state index contributed by atoms with van der Waals surface area (Å²) in [6, 6.07) is 7.44. The number of nitrogens with one attached hydrogen (secondary N) is 1. The van der Waals surface area contributed by atoms with Gasteiger partial charge in [-0.2, -0.15) is 0 Å². The Bertz CT molecular complexity index is 460. The zero-order valence-electron chi connectivity index (χ0n) is 11.8. The molecule has 0 aliphatic heterocycles. The molecule has 0 atom stereocenters. The van der Waals surface area contributed by atoms with Gasteiger partial charge in [0.05, 0.1) is 12.5 Å². The van der Waals surface area contributed by atoms with Crippen molar-refractivity contribution in [3.05, 3.63) is 34.9 Å². The normalized spacial score (nSPS) is 10.4.